The monoisotopic (exact) mass is 254 g/mol. The maximum atomic E-state index is 11.7. The Labute approximate surface area is 112 Å². The highest BCUT2D eigenvalue weighted by Gasteiger charge is 2.40. The van der Waals surface area contributed by atoms with Gasteiger partial charge in [-0.2, -0.15) is 0 Å². The number of nitrogens with one attached hydrogen (secondary N) is 1. The van der Waals surface area contributed by atoms with E-state index in [4.69, 9.17) is 5.73 Å². The predicted octanol–water partition coefficient (Wildman–Crippen LogP) is 2.55. The molecule has 1 aliphatic carbocycles. The van der Waals surface area contributed by atoms with Gasteiger partial charge in [-0.15, -0.1) is 0 Å². The molecule has 0 aromatic heterocycles. The summed E-state index contributed by atoms with van der Waals surface area (Å²) >= 11 is 0. The maximum Gasteiger partial charge on any atom is 0.223 e. The van der Waals surface area contributed by atoms with E-state index in [-0.39, 0.29) is 11.3 Å². The van der Waals surface area contributed by atoms with Crippen molar-refractivity contribution < 1.29 is 4.79 Å². The number of nitrogens with two attached hydrogens (primary N) is 1. The van der Waals surface area contributed by atoms with Gasteiger partial charge in [0.1, 0.15) is 0 Å². The third kappa shape index (κ3) is 3.98. The van der Waals surface area contributed by atoms with Crippen LogP contribution in [0.4, 0.5) is 0 Å². The number of carbonyl (C=O) groups is 1. The van der Waals surface area contributed by atoms with Gasteiger partial charge in [0, 0.05) is 5.41 Å². The Morgan fingerprint density at radius 1 is 1.50 bits per heavy atom. The molecule has 4 atom stereocenters. The lowest BCUT2D eigenvalue weighted by Crippen LogP contribution is -2.41. The second kappa shape index (κ2) is 6.55. The van der Waals surface area contributed by atoms with Crippen LogP contribution in [0.25, 0.3) is 0 Å². The fourth-order valence-corrected chi connectivity index (χ4v) is 3.76. The van der Waals surface area contributed by atoms with E-state index < -0.39 is 0 Å². The summed E-state index contributed by atoms with van der Waals surface area (Å²) in [5.74, 6) is 1.89. The second-order valence-corrected chi connectivity index (χ2v) is 6.61. The Morgan fingerprint density at radius 2 is 2.17 bits per heavy atom. The van der Waals surface area contributed by atoms with Crippen molar-refractivity contribution in [3.63, 3.8) is 0 Å². The number of amides is 1. The van der Waals surface area contributed by atoms with Gasteiger partial charge in [-0.25, -0.2) is 0 Å². The lowest BCUT2D eigenvalue weighted by molar-refractivity contribution is -0.130. The molecule has 0 bridgehead atoms. The molecule has 1 aliphatic rings. The second-order valence-electron chi connectivity index (χ2n) is 6.61. The van der Waals surface area contributed by atoms with Crippen LogP contribution >= 0.6 is 0 Å². The minimum absolute atomic E-state index is 0.110. The molecule has 0 aromatic carbocycles. The average Bonchev–Trinajstić information content (AvgIpc) is 2.27. The van der Waals surface area contributed by atoms with Crippen molar-refractivity contribution in [3.8, 4) is 0 Å². The highest BCUT2D eigenvalue weighted by atomic mass is 16.1. The number of hydrogen-bond donors (Lipinski definition) is 2. The SMILES string of the molecule is CCC(CNC)CC1CC(C)CC(C)(C(N)=O)C1. The van der Waals surface area contributed by atoms with Crippen LogP contribution in [0.5, 0.6) is 0 Å². The average molecular weight is 254 g/mol. The number of rotatable bonds is 6. The van der Waals surface area contributed by atoms with E-state index in [1.54, 1.807) is 0 Å². The molecule has 3 heteroatoms. The van der Waals surface area contributed by atoms with E-state index in [9.17, 15) is 4.79 Å². The zero-order valence-electron chi connectivity index (χ0n) is 12.5. The largest absolute Gasteiger partial charge is 0.369 e. The first-order valence-electron chi connectivity index (χ1n) is 7.35. The molecule has 3 nitrogen and oxygen atoms in total. The maximum absolute atomic E-state index is 11.7. The smallest absolute Gasteiger partial charge is 0.223 e. The minimum atomic E-state index is -0.278. The molecule has 3 N–H and O–H groups in total. The fraction of sp³-hybridized carbons (Fsp3) is 0.933. The number of primary amides is 1. The van der Waals surface area contributed by atoms with E-state index in [0.29, 0.717) is 11.8 Å². The van der Waals surface area contributed by atoms with Crippen molar-refractivity contribution >= 4 is 5.91 Å². The van der Waals surface area contributed by atoms with Crippen LogP contribution in [0.3, 0.4) is 0 Å². The summed E-state index contributed by atoms with van der Waals surface area (Å²) in [4.78, 5) is 11.7. The molecule has 0 heterocycles. The first-order chi connectivity index (χ1) is 8.41. The van der Waals surface area contributed by atoms with Gasteiger partial charge in [0.05, 0.1) is 0 Å². The minimum Gasteiger partial charge on any atom is -0.369 e. The van der Waals surface area contributed by atoms with E-state index in [0.717, 1.165) is 25.3 Å². The topological polar surface area (TPSA) is 55.1 Å². The van der Waals surface area contributed by atoms with Gasteiger partial charge in [-0.05, 0) is 57.0 Å². The van der Waals surface area contributed by atoms with Crippen molar-refractivity contribution in [2.75, 3.05) is 13.6 Å². The molecule has 0 radical (unpaired) electrons. The Morgan fingerprint density at radius 3 is 2.67 bits per heavy atom. The van der Waals surface area contributed by atoms with Crippen LogP contribution in [0.15, 0.2) is 0 Å². The third-order valence-electron chi connectivity index (χ3n) is 4.61. The molecule has 0 spiro atoms. The molecule has 4 unspecified atom stereocenters. The molecule has 106 valence electrons. The fourth-order valence-electron chi connectivity index (χ4n) is 3.76. The van der Waals surface area contributed by atoms with E-state index in [2.05, 4.69) is 26.1 Å². The summed E-state index contributed by atoms with van der Waals surface area (Å²) in [5.41, 5.74) is 5.32. The normalized spacial score (nSPS) is 34.2. The molecule has 0 aliphatic heterocycles. The Bertz CT molecular complexity index is 280. The summed E-state index contributed by atoms with van der Waals surface area (Å²) in [6.45, 7) is 7.64. The molecule has 1 fully saturated rings. The van der Waals surface area contributed by atoms with Crippen LogP contribution in [-0.2, 0) is 4.79 Å². The van der Waals surface area contributed by atoms with Gasteiger partial charge >= 0.3 is 0 Å². The van der Waals surface area contributed by atoms with Crippen molar-refractivity contribution in [2.45, 2.75) is 52.9 Å². The number of hydrogen-bond acceptors (Lipinski definition) is 2. The quantitative estimate of drug-likeness (QED) is 0.765. The van der Waals surface area contributed by atoms with Gasteiger partial charge in [-0.3, -0.25) is 4.79 Å². The van der Waals surface area contributed by atoms with Crippen LogP contribution in [0, 0.1) is 23.2 Å². The van der Waals surface area contributed by atoms with E-state index in [1.807, 2.05) is 7.05 Å². The lowest BCUT2D eigenvalue weighted by Gasteiger charge is -2.40. The Balaban J connectivity index is 2.63. The Hall–Kier alpha value is -0.570. The first kappa shape index (κ1) is 15.5. The molecule has 0 saturated heterocycles. The van der Waals surface area contributed by atoms with Gasteiger partial charge in [0.15, 0.2) is 0 Å². The van der Waals surface area contributed by atoms with Crippen LogP contribution < -0.4 is 11.1 Å². The summed E-state index contributed by atoms with van der Waals surface area (Å²) in [5, 5.41) is 3.27. The zero-order chi connectivity index (χ0) is 13.8. The van der Waals surface area contributed by atoms with E-state index >= 15 is 0 Å². The highest BCUT2D eigenvalue weighted by molar-refractivity contribution is 5.80. The molecule has 1 amide bonds. The summed E-state index contributed by atoms with van der Waals surface area (Å²) in [6.07, 6.45) is 5.63. The highest BCUT2D eigenvalue weighted by Crippen LogP contribution is 2.44. The molecule has 1 saturated carbocycles. The molecular formula is C15H30N2O. The van der Waals surface area contributed by atoms with Crippen molar-refractivity contribution in [1.82, 2.24) is 5.32 Å². The molecule has 0 aromatic rings. The van der Waals surface area contributed by atoms with Crippen molar-refractivity contribution in [1.29, 1.82) is 0 Å². The summed E-state index contributed by atoms with van der Waals surface area (Å²) in [6, 6.07) is 0. The first-order valence-corrected chi connectivity index (χ1v) is 7.35. The third-order valence-corrected chi connectivity index (χ3v) is 4.61. The lowest BCUT2D eigenvalue weighted by atomic mass is 9.64. The van der Waals surface area contributed by atoms with Gasteiger partial charge in [0.2, 0.25) is 5.91 Å². The summed E-state index contributed by atoms with van der Waals surface area (Å²) < 4.78 is 0. The number of carbonyl (C=O) groups excluding carboxylic acids is 1. The molecule has 1 rings (SSSR count). The van der Waals surface area contributed by atoms with Gasteiger partial charge < -0.3 is 11.1 Å². The predicted molar refractivity (Wildman–Crippen MR) is 76.1 cm³/mol. The Kier molecular flexibility index (Phi) is 5.64. The van der Waals surface area contributed by atoms with Gasteiger partial charge in [0.25, 0.3) is 0 Å². The standard InChI is InChI=1S/C15H30N2O/c1-5-12(10-17-4)7-13-6-11(2)8-15(3,9-13)14(16)18/h11-13,17H,5-10H2,1-4H3,(H2,16,18). The zero-order valence-corrected chi connectivity index (χ0v) is 12.5. The summed E-state index contributed by atoms with van der Waals surface area (Å²) in [7, 11) is 2.01. The van der Waals surface area contributed by atoms with Gasteiger partial charge in [-0.1, -0.05) is 27.2 Å². The van der Waals surface area contributed by atoms with Crippen molar-refractivity contribution in [3.05, 3.63) is 0 Å². The van der Waals surface area contributed by atoms with Crippen LogP contribution in [0.2, 0.25) is 0 Å². The van der Waals surface area contributed by atoms with E-state index in [1.165, 1.54) is 19.3 Å². The molecular weight excluding hydrogens is 224 g/mol. The van der Waals surface area contributed by atoms with Crippen LogP contribution in [0.1, 0.15) is 52.9 Å². The molecule has 18 heavy (non-hydrogen) atoms. The van der Waals surface area contributed by atoms with Crippen molar-refractivity contribution in [2.24, 2.45) is 28.9 Å². The van der Waals surface area contributed by atoms with Crippen LogP contribution in [-0.4, -0.2) is 19.5 Å².